The van der Waals surface area contributed by atoms with Gasteiger partial charge in [-0.1, -0.05) is 24.3 Å². The minimum Gasteiger partial charge on any atom is -0.493 e. The molecule has 1 aliphatic carbocycles. The van der Waals surface area contributed by atoms with Gasteiger partial charge >= 0.3 is 0 Å². The number of aliphatic imine (C=N–C) groups is 1. The predicted octanol–water partition coefficient (Wildman–Crippen LogP) is 4.50. The minimum absolute atomic E-state index is 0. The van der Waals surface area contributed by atoms with Crippen LogP contribution in [0.3, 0.4) is 0 Å². The molecule has 7 nitrogen and oxygen atoms in total. The fourth-order valence-corrected chi connectivity index (χ4v) is 3.85. The third-order valence-electron chi connectivity index (χ3n) is 5.52. The van der Waals surface area contributed by atoms with Crippen LogP contribution in [0, 0.1) is 0 Å². The Labute approximate surface area is 213 Å². The van der Waals surface area contributed by atoms with Crippen molar-refractivity contribution < 1.29 is 14.3 Å². The molecule has 0 aliphatic heterocycles. The number of benzene rings is 2. The zero-order chi connectivity index (χ0) is 22.8. The van der Waals surface area contributed by atoms with E-state index in [1.165, 1.54) is 25.3 Å². The second kappa shape index (κ2) is 13.9. The van der Waals surface area contributed by atoms with Crippen LogP contribution in [0.2, 0.25) is 0 Å². The number of carbonyl (C=O) groups is 1. The first kappa shape index (κ1) is 26.8. The molecule has 0 heterocycles. The monoisotopic (exact) mass is 566 g/mol. The first-order valence-corrected chi connectivity index (χ1v) is 11.2. The maximum Gasteiger partial charge on any atom is 0.221 e. The zero-order valence-electron chi connectivity index (χ0n) is 19.6. The van der Waals surface area contributed by atoms with Crippen molar-refractivity contribution in [3.8, 4) is 11.5 Å². The number of para-hydroxylation sites is 1. The van der Waals surface area contributed by atoms with Crippen LogP contribution in [0.25, 0.3) is 0 Å². The van der Waals surface area contributed by atoms with Crippen molar-refractivity contribution in [2.75, 3.05) is 26.0 Å². The first-order valence-electron chi connectivity index (χ1n) is 11.2. The summed E-state index contributed by atoms with van der Waals surface area (Å²) >= 11 is 0. The minimum atomic E-state index is -0.0675. The summed E-state index contributed by atoms with van der Waals surface area (Å²) in [5.41, 5.74) is 3.04. The Morgan fingerprint density at radius 3 is 2.45 bits per heavy atom. The van der Waals surface area contributed by atoms with E-state index < -0.39 is 0 Å². The van der Waals surface area contributed by atoms with Crippen molar-refractivity contribution in [1.29, 1.82) is 0 Å². The van der Waals surface area contributed by atoms with Gasteiger partial charge in [0.05, 0.1) is 13.2 Å². The van der Waals surface area contributed by atoms with Gasteiger partial charge in [-0.25, -0.2) is 0 Å². The normalized spacial score (nSPS) is 13.7. The van der Waals surface area contributed by atoms with Crippen LogP contribution in [-0.4, -0.2) is 38.7 Å². The highest BCUT2D eigenvalue weighted by Crippen LogP contribution is 2.34. The Bertz CT molecular complexity index is 912. The van der Waals surface area contributed by atoms with Crippen LogP contribution >= 0.6 is 24.0 Å². The summed E-state index contributed by atoms with van der Waals surface area (Å²) in [6.07, 6.45) is 5.75. The molecule has 0 bridgehead atoms. The molecule has 0 radical (unpaired) electrons. The van der Waals surface area contributed by atoms with Gasteiger partial charge in [-0.3, -0.25) is 9.79 Å². The summed E-state index contributed by atoms with van der Waals surface area (Å²) in [5, 5.41) is 9.51. The predicted molar refractivity (Wildman–Crippen MR) is 144 cm³/mol. The molecule has 2 aromatic rings. The molecule has 1 aliphatic rings. The maximum absolute atomic E-state index is 11.1. The molecule has 8 heteroatoms. The van der Waals surface area contributed by atoms with Crippen LogP contribution < -0.4 is 25.4 Å². The molecule has 0 aromatic heterocycles. The van der Waals surface area contributed by atoms with Crippen molar-refractivity contribution in [3.63, 3.8) is 0 Å². The number of hydrogen-bond donors (Lipinski definition) is 3. The van der Waals surface area contributed by atoms with Crippen LogP contribution in [0.5, 0.6) is 11.5 Å². The number of guanidine groups is 1. The van der Waals surface area contributed by atoms with E-state index in [0.29, 0.717) is 6.54 Å². The molecule has 3 rings (SSSR count). The molecule has 0 spiro atoms. The molecule has 1 amide bonds. The van der Waals surface area contributed by atoms with Gasteiger partial charge in [0.2, 0.25) is 5.91 Å². The van der Waals surface area contributed by atoms with Crippen molar-refractivity contribution in [2.24, 2.45) is 4.99 Å². The van der Waals surface area contributed by atoms with Crippen LogP contribution in [0.4, 0.5) is 5.69 Å². The number of ether oxygens (including phenoxy) is 2. The Hall–Kier alpha value is -2.49. The molecule has 1 saturated carbocycles. The van der Waals surface area contributed by atoms with Crippen LogP contribution in [-0.2, 0) is 17.8 Å². The number of anilines is 1. The third-order valence-corrected chi connectivity index (χ3v) is 5.52. The Morgan fingerprint density at radius 2 is 1.82 bits per heavy atom. The molecule has 3 N–H and O–H groups in total. The second-order valence-electron chi connectivity index (χ2n) is 7.95. The van der Waals surface area contributed by atoms with Gasteiger partial charge in [0.25, 0.3) is 0 Å². The molecular formula is C25H35IN4O3. The van der Waals surface area contributed by atoms with Gasteiger partial charge in [0, 0.05) is 38.3 Å². The zero-order valence-corrected chi connectivity index (χ0v) is 22.0. The fraction of sp³-hybridized carbons (Fsp3) is 0.440. The molecule has 180 valence electrons. The van der Waals surface area contributed by atoms with E-state index in [1.54, 1.807) is 14.2 Å². The smallest absolute Gasteiger partial charge is 0.221 e. The summed E-state index contributed by atoms with van der Waals surface area (Å²) in [4.78, 5) is 15.5. The summed E-state index contributed by atoms with van der Waals surface area (Å²) in [6.45, 7) is 2.83. The highest BCUT2D eigenvalue weighted by Gasteiger charge is 2.20. The van der Waals surface area contributed by atoms with Crippen molar-refractivity contribution in [3.05, 3.63) is 53.6 Å². The molecule has 0 unspecified atom stereocenters. The van der Waals surface area contributed by atoms with Crippen molar-refractivity contribution >= 4 is 41.5 Å². The van der Waals surface area contributed by atoms with E-state index in [4.69, 9.17) is 9.47 Å². The largest absolute Gasteiger partial charge is 0.493 e. The van der Waals surface area contributed by atoms with E-state index >= 15 is 0 Å². The summed E-state index contributed by atoms with van der Waals surface area (Å²) in [5.74, 6) is 2.25. The Balaban J connectivity index is 0.00000385. The van der Waals surface area contributed by atoms with Crippen molar-refractivity contribution in [1.82, 2.24) is 10.6 Å². The topological polar surface area (TPSA) is 84.0 Å². The third kappa shape index (κ3) is 8.42. The van der Waals surface area contributed by atoms with Crippen molar-refractivity contribution in [2.45, 2.75) is 51.7 Å². The van der Waals surface area contributed by atoms with Crippen LogP contribution in [0.1, 0.15) is 43.7 Å². The Morgan fingerprint density at radius 1 is 1.09 bits per heavy atom. The Kier molecular flexibility index (Phi) is 11.3. The number of rotatable bonds is 9. The molecule has 33 heavy (non-hydrogen) atoms. The van der Waals surface area contributed by atoms with E-state index in [0.717, 1.165) is 54.5 Å². The highest BCUT2D eigenvalue weighted by atomic mass is 127. The second-order valence-corrected chi connectivity index (χ2v) is 7.95. The number of methoxy groups -OCH3 is 1. The molecule has 1 fully saturated rings. The number of nitrogens with one attached hydrogen (secondary N) is 3. The summed E-state index contributed by atoms with van der Waals surface area (Å²) in [7, 11) is 3.44. The van der Waals surface area contributed by atoms with Gasteiger partial charge < -0.3 is 25.4 Å². The van der Waals surface area contributed by atoms with Crippen LogP contribution in [0.15, 0.2) is 47.5 Å². The van der Waals surface area contributed by atoms with E-state index in [-0.39, 0.29) is 36.0 Å². The fourth-order valence-electron chi connectivity index (χ4n) is 3.85. The van der Waals surface area contributed by atoms with Gasteiger partial charge in [-0.2, -0.15) is 0 Å². The summed E-state index contributed by atoms with van der Waals surface area (Å²) in [6, 6.07) is 13.9. The molecule has 2 aromatic carbocycles. The number of halogens is 1. The van der Waals surface area contributed by atoms with Gasteiger partial charge in [-0.05, 0) is 55.9 Å². The van der Waals surface area contributed by atoms with E-state index in [2.05, 4.69) is 27.0 Å². The van der Waals surface area contributed by atoms with E-state index in [1.807, 2.05) is 36.4 Å². The molecule has 0 atom stereocenters. The van der Waals surface area contributed by atoms with Gasteiger partial charge in [0.15, 0.2) is 17.5 Å². The lowest BCUT2D eigenvalue weighted by atomic mass is 10.1. The number of carbonyl (C=O) groups excluding carboxylic acids is 1. The van der Waals surface area contributed by atoms with Gasteiger partial charge in [-0.15, -0.1) is 24.0 Å². The average Bonchev–Trinajstić information content (AvgIpc) is 3.31. The highest BCUT2D eigenvalue weighted by molar-refractivity contribution is 14.0. The number of hydrogen-bond acceptors (Lipinski definition) is 4. The molecule has 0 saturated heterocycles. The quantitative estimate of drug-likeness (QED) is 0.237. The summed E-state index contributed by atoms with van der Waals surface area (Å²) < 4.78 is 11.9. The lowest BCUT2D eigenvalue weighted by Crippen LogP contribution is -2.38. The van der Waals surface area contributed by atoms with E-state index in [9.17, 15) is 4.79 Å². The number of nitrogens with zero attached hydrogens (tertiary/aromatic N) is 1. The average molecular weight is 566 g/mol. The number of amides is 1. The standard InChI is InChI=1S/C25H34N4O3.HI/c1-18(30)29-21-13-11-19(12-14-21)15-16-27-25(26-2)28-17-20-7-6-10-23(31-3)24(20)32-22-8-4-5-9-22;/h6-7,10-14,22H,4-5,8-9,15-17H2,1-3H3,(H,29,30)(H2,26,27,28);1H. The lowest BCUT2D eigenvalue weighted by molar-refractivity contribution is -0.114. The first-order chi connectivity index (χ1) is 15.6. The maximum atomic E-state index is 11.1. The molecular weight excluding hydrogens is 531 g/mol. The SMILES string of the molecule is CN=C(NCCc1ccc(NC(C)=O)cc1)NCc1cccc(OC)c1OC1CCCC1.I. The lowest BCUT2D eigenvalue weighted by Gasteiger charge is -2.20. The van der Waals surface area contributed by atoms with Gasteiger partial charge in [0.1, 0.15) is 0 Å².